The van der Waals surface area contributed by atoms with Crippen molar-refractivity contribution in [2.45, 2.75) is 13.6 Å². The number of aromatic nitrogens is 3. The highest BCUT2D eigenvalue weighted by Gasteiger charge is 2.17. The molecule has 1 fully saturated rings. The van der Waals surface area contributed by atoms with Crippen molar-refractivity contribution in [3.63, 3.8) is 0 Å². The van der Waals surface area contributed by atoms with Crippen LogP contribution in [0.5, 0.6) is 0 Å². The van der Waals surface area contributed by atoms with Crippen molar-refractivity contribution in [3.05, 3.63) is 34.9 Å². The number of pyridine rings is 1. The normalized spacial score (nSPS) is 18.2. The van der Waals surface area contributed by atoms with Gasteiger partial charge in [-0.3, -0.25) is 9.30 Å². The number of rotatable bonds is 3. The van der Waals surface area contributed by atoms with Crippen molar-refractivity contribution in [2.24, 2.45) is 0 Å². The third-order valence-electron chi connectivity index (χ3n) is 3.73. The van der Waals surface area contributed by atoms with E-state index in [0.29, 0.717) is 12.3 Å². The summed E-state index contributed by atoms with van der Waals surface area (Å²) in [6.07, 6.45) is 1.76. The molecule has 0 amide bonds. The van der Waals surface area contributed by atoms with E-state index in [1.165, 1.54) is 0 Å². The molecule has 0 N–H and O–H groups in total. The highest BCUT2D eigenvalue weighted by molar-refractivity contribution is 5.35. The van der Waals surface area contributed by atoms with Gasteiger partial charge in [0.2, 0.25) is 0 Å². The zero-order valence-corrected chi connectivity index (χ0v) is 11.2. The molecule has 0 aliphatic carbocycles. The predicted octanol–water partition coefficient (Wildman–Crippen LogP) is 0.0910. The number of nitrogens with zero attached hydrogens (tertiary/aromatic N) is 5. The lowest BCUT2D eigenvalue weighted by Crippen LogP contribution is -2.47. The second-order valence-electron chi connectivity index (χ2n) is 4.90. The molecule has 19 heavy (non-hydrogen) atoms. The zero-order chi connectivity index (χ0) is 13.2. The Kier molecular flexibility index (Phi) is 3.35. The van der Waals surface area contributed by atoms with Crippen LogP contribution in [0.1, 0.15) is 6.92 Å². The fourth-order valence-electron chi connectivity index (χ4n) is 2.50. The largest absolute Gasteiger partial charge is 0.351 e. The van der Waals surface area contributed by atoms with Gasteiger partial charge >= 0.3 is 5.69 Å². The molecular weight excluding hydrogens is 242 g/mol. The van der Waals surface area contributed by atoms with Gasteiger partial charge in [-0.2, -0.15) is 4.68 Å². The molecule has 0 bridgehead atoms. The van der Waals surface area contributed by atoms with Gasteiger partial charge in [-0.1, -0.05) is 13.0 Å². The first-order chi connectivity index (χ1) is 9.28. The Labute approximate surface area is 111 Å². The van der Waals surface area contributed by atoms with E-state index in [2.05, 4.69) is 21.8 Å². The van der Waals surface area contributed by atoms with Crippen molar-refractivity contribution in [1.29, 1.82) is 0 Å². The first-order valence-corrected chi connectivity index (χ1v) is 6.77. The summed E-state index contributed by atoms with van der Waals surface area (Å²) in [7, 11) is 0. The Morgan fingerprint density at radius 3 is 2.58 bits per heavy atom. The number of piperazine rings is 1. The van der Waals surface area contributed by atoms with E-state index < -0.39 is 0 Å². The molecule has 6 heteroatoms. The summed E-state index contributed by atoms with van der Waals surface area (Å²) in [5, 5.41) is 4.36. The predicted molar refractivity (Wildman–Crippen MR) is 73.1 cm³/mol. The lowest BCUT2D eigenvalue weighted by Gasteiger charge is -2.33. The van der Waals surface area contributed by atoms with Crippen LogP contribution in [-0.2, 0) is 6.67 Å². The van der Waals surface area contributed by atoms with Crippen molar-refractivity contribution in [1.82, 2.24) is 24.0 Å². The van der Waals surface area contributed by atoms with Crippen molar-refractivity contribution in [3.8, 4) is 0 Å². The molecule has 6 nitrogen and oxygen atoms in total. The van der Waals surface area contributed by atoms with E-state index in [-0.39, 0.29) is 5.69 Å². The smallest absolute Gasteiger partial charge is 0.301 e. The third kappa shape index (κ3) is 2.41. The van der Waals surface area contributed by atoms with E-state index >= 15 is 0 Å². The molecule has 2 aromatic rings. The molecular formula is C13H19N5O. The summed E-state index contributed by atoms with van der Waals surface area (Å²) in [4.78, 5) is 16.8. The number of hydrogen-bond acceptors (Lipinski definition) is 4. The molecule has 0 atom stereocenters. The minimum atomic E-state index is -0.0616. The fourth-order valence-corrected chi connectivity index (χ4v) is 2.50. The lowest BCUT2D eigenvalue weighted by molar-refractivity contribution is 0.105. The maximum Gasteiger partial charge on any atom is 0.351 e. The highest BCUT2D eigenvalue weighted by atomic mass is 16.2. The van der Waals surface area contributed by atoms with E-state index in [9.17, 15) is 4.79 Å². The van der Waals surface area contributed by atoms with Gasteiger partial charge in [0.1, 0.15) is 0 Å². The standard InChI is InChI=1S/C13H19N5O/c1-2-15-7-9-16(10-8-15)11-18-13(19)17-6-4-3-5-12(17)14-18/h3-6H,2,7-11H2,1H3. The summed E-state index contributed by atoms with van der Waals surface area (Å²) in [5.74, 6) is 0. The van der Waals surface area contributed by atoms with Crippen LogP contribution >= 0.6 is 0 Å². The summed E-state index contributed by atoms with van der Waals surface area (Å²) in [5.41, 5.74) is 0.646. The molecule has 0 radical (unpaired) electrons. The maximum absolute atomic E-state index is 12.1. The number of hydrogen-bond donors (Lipinski definition) is 0. The Bertz CT molecular complexity index is 609. The average molecular weight is 261 g/mol. The summed E-state index contributed by atoms with van der Waals surface area (Å²) in [6.45, 7) is 7.99. The number of likely N-dealkylation sites (N-methyl/N-ethyl adjacent to an activating group) is 1. The summed E-state index contributed by atoms with van der Waals surface area (Å²) < 4.78 is 3.14. The topological polar surface area (TPSA) is 45.8 Å². The number of fused-ring (bicyclic) bond motifs is 1. The Balaban J connectivity index is 1.75. The van der Waals surface area contributed by atoms with Gasteiger partial charge in [0, 0.05) is 32.4 Å². The van der Waals surface area contributed by atoms with Crippen molar-refractivity contribution >= 4 is 5.65 Å². The van der Waals surface area contributed by atoms with Crippen molar-refractivity contribution in [2.75, 3.05) is 32.7 Å². The molecule has 2 aromatic heterocycles. The van der Waals surface area contributed by atoms with Crippen LogP contribution in [0.25, 0.3) is 5.65 Å². The zero-order valence-electron chi connectivity index (χ0n) is 11.2. The average Bonchev–Trinajstić information content (AvgIpc) is 2.77. The van der Waals surface area contributed by atoms with Crippen molar-refractivity contribution < 1.29 is 0 Å². The van der Waals surface area contributed by atoms with Gasteiger partial charge in [0.05, 0.1) is 6.67 Å². The Morgan fingerprint density at radius 1 is 1.16 bits per heavy atom. The first kappa shape index (κ1) is 12.4. The molecule has 0 aromatic carbocycles. The second kappa shape index (κ2) is 5.14. The molecule has 3 heterocycles. The molecule has 3 rings (SSSR count). The minimum absolute atomic E-state index is 0.0616. The molecule has 1 aliphatic heterocycles. The van der Waals surface area contributed by atoms with Crippen LogP contribution in [0.15, 0.2) is 29.2 Å². The van der Waals surface area contributed by atoms with Crippen LogP contribution in [-0.4, -0.2) is 56.7 Å². The van der Waals surface area contributed by atoms with E-state index in [4.69, 9.17) is 0 Å². The van der Waals surface area contributed by atoms with Crippen LogP contribution < -0.4 is 5.69 Å². The van der Waals surface area contributed by atoms with Gasteiger partial charge < -0.3 is 4.90 Å². The minimum Gasteiger partial charge on any atom is -0.301 e. The summed E-state index contributed by atoms with van der Waals surface area (Å²) in [6, 6.07) is 5.60. The van der Waals surface area contributed by atoms with E-state index in [1.807, 2.05) is 18.2 Å². The molecule has 1 aliphatic rings. The first-order valence-electron chi connectivity index (χ1n) is 6.77. The van der Waals surface area contributed by atoms with E-state index in [0.717, 1.165) is 32.7 Å². The molecule has 1 saturated heterocycles. The second-order valence-corrected chi connectivity index (χ2v) is 4.90. The van der Waals surface area contributed by atoms with Gasteiger partial charge in [0.25, 0.3) is 0 Å². The SMILES string of the molecule is CCN1CCN(Cn2nc3ccccn3c2=O)CC1. The molecule has 0 spiro atoms. The van der Waals surface area contributed by atoms with Gasteiger partial charge in [-0.25, -0.2) is 4.79 Å². The quantitative estimate of drug-likeness (QED) is 0.785. The summed E-state index contributed by atoms with van der Waals surface area (Å²) >= 11 is 0. The molecule has 0 unspecified atom stereocenters. The maximum atomic E-state index is 12.1. The van der Waals surface area contributed by atoms with Gasteiger partial charge in [0.15, 0.2) is 5.65 Å². The Hall–Kier alpha value is -1.66. The van der Waals surface area contributed by atoms with Crippen LogP contribution in [0.2, 0.25) is 0 Å². The van der Waals surface area contributed by atoms with Crippen LogP contribution in [0, 0.1) is 0 Å². The van der Waals surface area contributed by atoms with Gasteiger partial charge in [-0.15, -0.1) is 5.10 Å². The fraction of sp³-hybridized carbons (Fsp3) is 0.538. The molecule has 102 valence electrons. The van der Waals surface area contributed by atoms with Gasteiger partial charge in [-0.05, 0) is 18.7 Å². The highest BCUT2D eigenvalue weighted by Crippen LogP contribution is 2.02. The lowest BCUT2D eigenvalue weighted by atomic mass is 10.3. The van der Waals surface area contributed by atoms with E-state index in [1.54, 1.807) is 15.3 Å². The van der Waals surface area contributed by atoms with Crippen LogP contribution in [0.4, 0.5) is 0 Å². The monoisotopic (exact) mass is 261 g/mol. The third-order valence-corrected chi connectivity index (χ3v) is 3.73. The Morgan fingerprint density at radius 2 is 1.89 bits per heavy atom. The molecule has 0 saturated carbocycles. The van der Waals surface area contributed by atoms with Crippen LogP contribution in [0.3, 0.4) is 0 Å².